The van der Waals surface area contributed by atoms with Gasteiger partial charge >= 0.3 is 6.61 Å². The van der Waals surface area contributed by atoms with Crippen LogP contribution in [0.1, 0.15) is 5.76 Å². The first-order valence-electron chi connectivity index (χ1n) is 6.58. The molecule has 0 bridgehead atoms. The Morgan fingerprint density at radius 1 is 1.32 bits per heavy atom. The Kier molecular flexibility index (Phi) is 5.48. The number of furan rings is 1. The lowest BCUT2D eigenvalue weighted by Gasteiger charge is -2.15. The number of hydrogen-bond donors (Lipinski definition) is 1. The summed E-state index contributed by atoms with van der Waals surface area (Å²) in [5.41, 5.74) is 0.512. The number of likely N-dealkylation sites (N-methyl/N-ethyl adjacent to an activating group) is 1. The summed E-state index contributed by atoms with van der Waals surface area (Å²) in [6.07, 6.45) is 1.58. The molecule has 0 aliphatic carbocycles. The number of rotatable bonds is 7. The smallest absolute Gasteiger partial charge is 0.387 e. The van der Waals surface area contributed by atoms with E-state index in [0.29, 0.717) is 12.2 Å². The zero-order valence-corrected chi connectivity index (χ0v) is 12.0. The van der Waals surface area contributed by atoms with Crippen molar-refractivity contribution in [3.63, 3.8) is 0 Å². The third kappa shape index (κ3) is 5.17. The molecule has 5 nitrogen and oxygen atoms in total. The number of nitrogens with one attached hydrogen (secondary N) is 1. The van der Waals surface area contributed by atoms with Crippen LogP contribution in [0.25, 0.3) is 0 Å². The van der Waals surface area contributed by atoms with Gasteiger partial charge in [0.15, 0.2) is 0 Å². The Morgan fingerprint density at radius 3 is 2.64 bits per heavy atom. The van der Waals surface area contributed by atoms with Crippen LogP contribution >= 0.6 is 0 Å². The van der Waals surface area contributed by atoms with E-state index in [1.54, 1.807) is 24.3 Å². The first kappa shape index (κ1) is 16.0. The van der Waals surface area contributed by atoms with E-state index in [1.165, 1.54) is 24.3 Å². The zero-order chi connectivity index (χ0) is 15.9. The van der Waals surface area contributed by atoms with E-state index in [2.05, 4.69) is 10.1 Å². The standard InChI is InChI=1S/C15H16F2N2O3/c1-19(9-13-3-2-8-21-13)10-14(20)18-11-4-6-12(7-5-11)22-15(16)17/h2-8,15H,9-10H2,1H3,(H,18,20). The molecule has 0 saturated heterocycles. The SMILES string of the molecule is CN(CC(=O)Nc1ccc(OC(F)F)cc1)Cc1ccco1. The van der Waals surface area contributed by atoms with E-state index in [0.717, 1.165) is 5.76 Å². The van der Waals surface area contributed by atoms with Gasteiger partial charge in [-0.3, -0.25) is 9.69 Å². The van der Waals surface area contributed by atoms with E-state index >= 15 is 0 Å². The van der Waals surface area contributed by atoms with Crippen LogP contribution in [-0.4, -0.2) is 31.0 Å². The predicted octanol–water partition coefficient (Wildman–Crippen LogP) is 2.95. The largest absolute Gasteiger partial charge is 0.468 e. The Morgan fingerprint density at radius 2 is 2.05 bits per heavy atom. The van der Waals surface area contributed by atoms with Crippen LogP contribution in [0.3, 0.4) is 0 Å². The van der Waals surface area contributed by atoms with E-state index in [-0.39, 0.29) is 18.2 Å². The molecule has 2 rings (SSSR count). The Hall–Kier alpha value is -2.41. The van der Waals surface area contributed by atoms with Crippen molar-refractivity contribution in [1.29, 1.82) is 0 Å². The van der Waals surface area contributed by atoms with Crippen molar-refractivity contribution in [2.45, 2.75) is 13.2 Å². The summed E-state index contributed by atoms with van der Waals surface area (Å²) in [5.74, 6) is 0.600. The number of nitrogens with zero attached hydrogens (tertiary/aromatic N) is 1. The summed E-state index contributed by atoms with van der Waals surface area (Å²) in [7, 11) is 1.79. The van der Waals surface area contributed by atoms with Crippen LogP contribution in [0, 0.1) is 0 Å². The molecule has 1 aromatic carbocycles. The second kappa shape index (κ2) is 7.56. The molecule has 2 aromatic rings. The number of carbonyl (C=O) groups excluding carboxylic acids is 1. The molecule has 118 valence electrons. The van der Waals surface area contributed by atoms with Gasteiger partial charge in [0.25, 0.3) is 0 Å². The highest BCUT2D eigenvalue weighted by molar-refractivity contribution is 5.92. The van der Waals surface area contributed by atoms with Crippen molar-refractivity contribution in [2.24, 2.45) is 0 Å². The van der Waals surface area contributed by atoms with Crippen molar-refractivity contribution in [3.8, 4) is 5.75 Å². The van der Waals surface area contributed by atoms with Gasteiger partial charge in [-0.1, -0.05) is 0 Å². The van der Waals surface area contributed by atoms with Gasteiger partial charge in [0.2, 0.25) is 5.91 Å². The molecule has 0 aliphatic heterocycles. The molecule has 1 N–H and O–H groups in total. The molecule has 1 aromatic heterocycles. The molecule has 0 radical (unpaired) electrons. The lowest BCUT2D eigenvalue weighted by molar-refractivity contribution is -0.117. The highest BCUT2D eigenvalue weighted by Crippen LogP contribution is 2.17. The fourth-order valence-electron chi connectivity index (χ4n) is 1.89. The molecule has 0 aliphatic rings. The maximum Gasteiger partial charge on any atom is 0.387 e. The number of benzene rings is 1. The summed E-state index contributed by atoms with van der Waals surface area (Å²) in [6.45, 7) is -2.17. The molecule has 22 heavy (non-hydrogen) atoms. The summed E-state index contributed by atoms with van der Waals surface area (Å²) >= 11 is 0. The van der Waals surface area contributed by atoms with Gasteiger partial charge in [0.1, 0.15) is 11.5 Å². The number of halogens is 2. The summed E-state index contributed by atoms with van der Waals surface area (Å²) in [5, 5.41) is 2.68. The minimum atomic E-state index is -2.87. The van der Waals surface area contributed by atoms with Crippen LogP contribution in [0.2, 0.25) is 0 Å². The zero-order valence-electron chi connectivity index (χ0n) is 12.0. The first-order chi connectivity index (χ1) is 10.5. The molecular weight excluding hydrogens is 294 g/mol. The Balaban J connectivity index is 1.81. The molecule has 0 saturated carbocycles. The van der Waals surface area contributed by atoms with Gasteiger partial charge in [0.05, 0.1) is 19.4 Å². The van der Waals surface area contributed by atoms with Crippen LogP contribution in [0.4, 0.5) is 14.5 Å². The molecule has 1 amide bonds. The number of amides is 1. The van der Waals surface area contributed by atoms with Crippen LogP contribution in [-0.2, 0) is 11.3 Å². The van der Waals surface area contributed by atoms with Gasteiger partial charge in [-0.25, -0.2) is 0 Å². The third-order valence-corrected chi connectivity index (χ3v) is 2.78. The molecule has 0 spiro atoms. The fourth-order valence-corrected chi connectivity index (χ4v) is 1.89. The number of hydrogen-bond acceptors (Lipinski definition) is 4. The van der Waals surface area contributed by atoms with Gasteiger partial charge in [-0.05, 0) is 43.4 Å². The number of carbonyl (C=O) groups is 1. The molecular formula is C15H16F2N2O3. The Bertz CT molecular complexity index is 585. The minimum absolute atomic E-state index is 0.0444. The van der Waals surface area contributed by atoms with Crippen LogP contribution in [0.5, 0.6) is 5.75 Å². The van der Waals surface area contributed by atoms with Crippen molar-refractivity contribution in [2.75, 3.05) is 18.9 Å². The van der Waals surface area contributed by atoms with E-state index in [4.69, 9.17) is 4.42 Å². The third-order valence-electron chi connectivity index (χ3n) is 2.78. The van der Waals surface area contributed by atoms with Gasteiger partial charge in [0, 0.05) is 5.69 Å². The lowest BCUT2D eigenvalue weighted by Crippen LogP contribution is -2.29. The second-order valence-electron chi connectivity index (χ2n) is 4.70. The van der Waals surface area contributed by atoms with Gasteiger partial charge in [-0.15, -0.1) is 0 Å². The molecule has 0 fully saturated rings. The quantitative estimate of drug-likeness (QED) is 0.854. The average molecular weight is 310 g/mol. The maximum atomic E-state index is 12.0. The number of ether oxygens (including phenoxy) is 1. The minimum Gasteiger partial charge on any atom is -0.468 e. The lowest BCUT2D eigenvalue weighted by atomic mass is 10.3. The first-order valence-corrected chi connectivity index (χ1v) is 6.58. The fraction of sp³-hybridized carbons (Fsp3) is 0.267. The van der Waals surface area contributed by atoms with Gasteiger partial charge < -0.3 is 14.5 Å². The topological polar surface area (TPSA) is 54.7 Å². The molecule has 1 heterocycles. The number of alkyl halides is 2. The van der Waals surface area contributed by atoms with Crippen molar-refractivity contribution < 1.29 is 22.7 Å². The van der Waals surface area contributed by atoms with Crippen LogP contribution < -0.4 is 10.1 Å². The maximum absolute atomic E-state index is 12.0. The predicted molar refractivity (Wildman–Crippen MR) is 76.7 cm³/mol. The molecule has 0 atom stereocenters. The van der Waals surface area contributed by atoms with Crippen molar-refractivity contribution >= 4 is 11.6 Å². The second-order valence-corrected chi connectivity index (χ2v) is 4.70. The van der Waals surface area contributed by atoms with E-state index < -0.39 is 6.61 Å². The average Bonchev–Trinajstić information content (AvgIpc) is 2.93. The van der Waals surface area contributed by atoms with Crippen LogP contribution in [0.15, 0.2) is 47.1 Å². The highest BCUT2D eigenvalue weighted by atomic mass is 19.3. The summed E-state index contributed by atoms with van der Waals surface area (Å²) < 4.78 is 33.5. The van der Waals surface area contributed by atoms with E-state index in [9.17, 15) is 13.6 Å². The normalized spacial score (nSPS) is 11.0. The highest BCUT2D eigenvalue weighted by Gasteiger charge is 2.09. The number of anilines is 1. The molecule has 0 unspecified atom stereocenters. The Labute approximate surface area is 126 Å². The van der Waals surface area contributed by atoms with Crippen molar-refractivity contribution in [3.05, 3.63) is 48.4 Å². The monoisotopic (exact) mass is 310 g/mol. The van der Waals surface area contributed by atoms with E-state index in [1.807, 2.05) is 6.07 Å². The summed E-state index contributed by atoms with van der Waals surface area (Å²) in [4.78, 5) is 13.7. The van der Waals surface area contributed by atoms with Crippen molar-refractivity contribution in [1.82, 2.24) is 4.90 Å². The van der Waals surface area contributed by atoms with Gasteiger partial charge in [-0.2, -0.15) is 8.78 Å². The summed E-state index contributed by atoms with van der Waals surface area (Å²) in [6, 6.07) is 9.36. The molecule has 7 heteroatoms.